The Bertz CT molecular complexity index is 811. The molecule has 0 unspecified atom stereocenters. The fourth-order valence-corrected chi connectivity index (χ4v) is 3.51. The van der Waals surface area contributed by atoms with E-state index in [1.54, 1.807) is 23.5 Å². The molecule has 0 amide bonds. The third kappa shape index (κ3) is 2.91. The first-order valence-corrected chi connectivity index (χ1v) is 7.88. The van der Waals surface area contributed by atoms with Gasteiger partial charge in [0.25, 0.3) is 0 Å². The molecule has 3 aromatic rings. The van der Waals surface area contributed by atoms with Crippen LogP contribution in [0.25, 0.3) is 10.6 Å². The molecule has 0 spiro atoms. The number of aromatic nitrogens is 3. The van der Waals surface area contributed by atoms with E-state index in [2.05, 4.69) is 20.3 Å². The molecule has 0 fully saturated rings. The molecule has 3 heterocycles. The molecule has 0 atom stereocenters. The van der Waals surface area contributed by atoms with E-state index in [1.165, 1.54) is 17.5 Å². The van der Waals surface area contributed by atoms with Gasteiger partial charge in [-0.15, -0.1) is 22.7 Å². The number of aryl methyl sites for hydroxylation is 2. The summed E-state index contributed by atoms with van der Waals surface area (Å²) in [5.41, 5.74) is 2.47. The van der Waals surface area contributed by atoms with Gasteiger partial charge in [0.2, 0.25) is 0 Å². The normalized spacial score (nSPS) is 10.3. The summed E-state index contributed by atoms with van der Waals surface area (Å²) in [6, 6.07) is 5.53. The Morgan fingerprint density at radius 2 is 2.10 bits per heavy atom. The topological polar surface area (TPSA) is 74.5 Å². The van der Waals surface area contributed by atoms with E-state index in [4.69, 9.17) is 5.26 Å². The molecule has 3 rings (SSSR count). The largest absolute Gasteiger partial charge is 0.316 e. The van der Waals surface area contributed by atoms with E-state index in [9.17, 15) is 0 Å². The molecule has 7 heteroatoms. The van der Waals surface area contributed by atoms with Gasteiger partial charge in [0.15, 0.2) is 5.13 Å². The van der Waals surface area contributed by atoms with Crippen molar-refractivity contribution in [2.75, 3.05) is 5.32 Å². The smallest absolute Gasteiger partial charge is 0.188 e. The highest BCUT2D eigenvalue weighted by molar-refractivity contribution is 7.16. The van der Waals surface area contributed by atoms with Crippen molar-refractivity contribution < 1.29 is 0 Å². The lowest BCUT2D eigenvalue weighted by Gasteiger charge is -2.00. The van der Waals surface area contributed by atoms with Gasteiger partial charge in [-0.2, -0.15) is 5.26 Å². The predicted octanol–water partition coefficient (Wildman–Crippen LogP) is 3.89. The number of hydrogen-bond donors (Lipinski definition) is 1. The standard InChI is InChI=1S/C14H11N5S2/c1-8-13(21-9(2)17-8)11-7-20-14(18-11)19-12-4-3-10(5-15)6-16-12/h3-4,6-7H,1-2H3,(H,16,18,19). The van der Waals surface area contributed by atoms with E-state index >= 15 is 0 Å². The van der Waals surface area contributed by atoms with Crippen LogP contribution in [0.3, 0.4) is 0 Å². The van der Waals surface area contributed by atoms with Crippen molar-refractivity contribution in [2.45, 2.75) is 13.8 Å². The van der Waals surface area contributed by atoms with Gasteiger partial charge in [-0.3, -0.25) is 0 Å². The number of anilines is 2. The summed E-state index contributed by atoms with van der Waals surface area (Å²) in [5, 5.41) is 15.7. The SMILES string of the molecule is Cc1nc(C)c(-c2csc(Nc3ccc(C#N)cn3)n2)s1. The molecule has 0 aromatic carbocycles. The van der Waals surface area contributed by atoms with E-state index in [1.807, 2.05) is 25.3 Å². The summed E-state index contributed by atoms with van der Waals surface area (Å²) in [4.78, 5) is 14.3. The minimum atomic E-state index is 0.538. The number of hydrogen-bond acceptors (Lipinski definition) is 7. The predicted molar refractivity (Wildman–Crippen MR) is 84.9 cm³/mol. The molecular weight excluding hydrogens is 302 g/mol. The molecule has 0 aliphatic heterocycles. The van der Waals surface area contributed by atoms with Gasteiger partial charge < -0.3 is 5.32 Å². The number of pyridine rings is 1. The summed E-state index contributed by atoms with van der Waals surface area (Å²) in [7, 11) is 0. The van der Waals surface area contributed by atoms with Crippen molar-refractivity contribution >= 4 is 33.6 Å². The molecule has 0 saturated carbocycles. The average molecular weight is 313 g/mol. The van der Waals surface area contributed by atoms with Crippen LogP contribution in [0.15, 0.2) is 23.7 Å². The maximum absolute atomic E-state index is 8.75. The number of nitrogens with one attached hydrogen (secondary N) is 1. The lowest BCUT2D eigenvalue weighted by molar-refractivity contribution is 1.20. The van der Waals surface area contributed by atoms with Crippen LogP contribution >= 0.6 is 22.7 Å². The van der Waals surface area contributed by atoms with Crippen LogP contribution in [-0.2, 0) is 0 Å². The van der Waals surface area contributed by atoms with Crippen LogP contribution < -0.4 is 5.32 Å². The second-order valence-electron chi connectivity index (χ2n) is 4.35. The lowest BCUT2D eigenvalue weighted by Crippen LogP contribution is -1.93. The maximum atomic E-state index is 8.75. The molecule has 0 aliphatic carbocycles. The molecule has 104 valence electrons. The molecule has 3 aromatic heterocycles. The fraction of sp³-hybridized carbons (Fsp3) is 0.143. The van der Waals surface area contributed by atoms with Crippen LogP contribution in [0, 0.1) is 25.2 Å². The second kappa shape index (κ2) is 5.60. The summed E-state index contributed by atoms with van der Waals surface area (Å²) in [6.07, 6.45) is 1.54. The van der Waals surface area contributed by atoms with Gasteiger partial charge in [0.05, 0.1) is 26.8 Å². The van der Waals surface area contributed by atoms with Crippen molar-refractivity contribution in [3.63, 3.8) is 0 Å². The van der Waals surface area contributed by atoms with Gasteiger partial charge in [-0.1, -0.05) is 0 Å². The van der Waals surface area contributed by atoms with Crippen LogP contribution in [0.1, 0.15) is 16.3 Å². The van der Waals surface area contributed by atoms with Gasteiger partial charge in [-0.05, 0) is 26.0 Å². The summed E-state index contributed by atoms with van der Waals surface area (Å²) < 4.78 is 0. The Balaban J connectivity index is 1.82. The number of rotatable bonds is 3. The summed E-state index contributed by atoms with van der Waals surface area (Å²) in [5.74, 6) is 0.673. The molecule has 0 radical (unpaired) electrons. The van der Waals surface area contributed by atoms with Crippen LogP contribution in [0.5, 0.6) is 0 Å². The monoisotopic (exact) mass is 313 g/mol. The van der Waals surface area contributed by atoms with E-state index in [0.29, 0.717) is 11.4 Å². The average Bonchev–Trinajstić information content (AvgIpc) is 3.06. The minimum Gasteiger partial charge on any atom is -0.316 e. The molecule has 0 saturated heterocycles. The first-order chi connectivity index (χ1) is 10.2. The summed E-state index contributed by atoms with van der Waals surface area (Å²) >= 11 is 3.16. The molecule has 5 nitrogen and oxygen atoms in total. The lowest BCUT2D eigenvalue weighted by atomic mass is 10.3. The van der Waals surface area contributed by atoms with Gasteiger partial charge in [0.1, 0.15) is 11.9 Å². The second-order valence-corrected chi connectivity index (χ2v) is 6.42. The third-order valence-electron chi connectivity index (χ3n) is 2.77. The molecular formula is C14H11N5S2. The van der Waals surface area contributed by atoms with Gasteiger partial charge in [0, 0.05) is 11.6 Å². The highest BCUT2D eigenvalue weighted by atomic mass is 32.1. The third-order valence-corrected chi connectivity index (χ3v) is 4.62. The van der Waals surface area contributed by atoms with Gasteiger partial charge in [-0.25, -0.2) is 15.0 Å². The van der Waals surface area contributed by atoms with Crippen LogP contribution in [-0.4, -0.2) is 15.0 Å². The Morgan fingerprint density at radius 3 is 2.71 bits per heavy atom. The first-order valence-electron chi connectivity index (χ1n) is 6.19. The maximum Gasteiger partial charge on any atom is 0.188 e. The minimum absolute atomic E-state index is 0.538. The number of nitrogens with zero attached hydrogens (tertiary/aromatic N) is 4. The van der Waals surface area contributed by atoms with Crippen molar-refractivity contribution in [1.29, 1.82) is 5.26 Å². The molecule has 0 aliphatic rings. The Morgan fingerprint density at radius 1 is 1.24 bits per heavy atom. The highest BCUT2D eigenvalue weighted by Crippen LogP contribution is 2.32. The quantitative estimate of drug-likeness (QED) is 0.794. The zero-order chi connectivity index (χ0) is 14.8. The molecule has 21 heavy (non-hydrogen) atoms. The van der Waals surface area contributed by atoms with Crippen molar-refractivity contribution in [2.24, 2.45) is 0 Å². The first kappa shape index (κ1) is 13.7. The Labute approximate surface area is 130 Å². The zero-order valence-electron chi connectivity index (χ0n) is 11.4. The van der Waals surface area contributed by atoms with Crippen molar-refractivity contribution in [1.82, 2.24) is 15.0 Å². The highest BCUT2D eigenvalue weighted by Gasteiger charge is 2.11. The Hall–Kier alpha value is -2.30. The fourth-order valence-electron chi connectivity index (χ4n) is 1.85. The van der Waals surface area contributed by atoms with E-state index in [0.717, 1.165) is 26.4 Å². The Kier molecular flexibility index (Phi) is 3.64. The van der Waals surface area contributed by atoms with Crippen LogP contribution in [0.2, 0.25) is 0 Å². The molecule has 1 N–H and O–H groups in total. The van der Waals surface area contributed by atoms with Crippen molar-refractivity contribution in [3.8, 4) is 16.6 Å². The summed E-state index contributed by atoms with van der Waals surface area (Å²) in [6.45, 7) is 3.99. The van der Waals surface area contributed by atoms with Gasteiger partial charge >= 0.3 is 0 Å². The van der Waals surface area contributed by atoms with Crippen molar-refractivity contribution in [3.05, 3.63) is 40.0 Å². The van der Waals surface area contributed by atoms with Crippen LogP contribution in [0.4, 0.5) is 10.9 Å². The van der Waals surface area contributed by atoms with E-state index in [-0.39, 0.29) is 0 Å². The number of nitriles is 1. The van der Waals surface area contributed by atoms with E-state index < -0.39 is 0 Å². The molecule has 0 bridgehead atoms. The number of thiazole rings is 2. The zero-order valence-corrected chi connectivity index (χ0v) is 13.0.